The van der Waals surface area contributed by atoms with Crippen LogP contribution in [0.15, 0.2) is 83.7 Å². The summed E-state index contributed by atoms with van der Waals surface area (Å²) < 4.78 is 0. The van der Waals surface area contributed by atoms with Crippen LogP contribution in [0.4, 0.5) is 0 Å². The summed E-state index contributed by atoms with van der Waals surface area (Å²) in [6, 6.07) is 21.2. The molecule has 0 atom stereocenters. The van der Waals surface area contributed by atoms with Crippen molar-refractivity contribution in [3.63, 3.8) is 0 Å². The van der Waals surface area contributed by atoms with Crippen LogP contribution in [0.3, 0.4) is 0 Å². The number of aliphatic hydroxyl groups is 1. The lowest BCUT2D eigenvalue weighted by molar-refractivity contribution is 0.329. The number of rotatable bonds is 4. The largest absolute Gasteiger partial charge is 0.392 e. The van der Waals surface area contributed by atoms with E-state index in [1.54, 1.807) is 0 Å². The van der Waals surface area contributed by atoms with Gasteiger partial charge in [0.05, 0.1) is 6.61 Å². The van der Waals surface area contributed by atoms with Crippen molar-refractivity contribution in [1.82, 2.24) is 0 Å². The molecule has 0 fully saturated rings. The van der Waals surface area contributed by atoms with Gasteiger partial charge >= 0.3 is 0 Å². The van der Waals surface area contributed by atoms with E-state index >= 15 is 0 Å². The molecule has 0 aliphatic heterocycles. The molecule has 0 saturated carbocycles. The second-order valence-corrected chi connectivity index (χ2v) is 6.95. The van der Waals surface area contributed by atoms with Crippen LogP contribution in [0.25, 0.3) is 0 Å². The minimum absolute atomic E-state index is 0.154. The van der Waals surface area contributed by atoms with Gasteiger partial charge in [-0.15, -0.1) is 0 Å². The molecule has 20 heavy (non-hydrogen) atoms. The van der Waals surface area contributed by atoms with Crippen LogP contribution in [0.5, 0.6) is 0 Å². The Bertz CT molecular complexity index is 589. The van der Waals surface area contributed by atoms with Crippen LogP contribution in [0.2, 0.25) is 0 Å². The second-order valence-electron chi connectivity index (χ2n) is 4.76. The third-order valence-corrected chi connectivity index (χ3v) is 6.04. The van der Waals surface area contributed by atoms with E-state index < -0.39 is 7.92 Å². The molecule has 0 heterocycles. The van der Waals surface area contributed by atoms with E-state index in [4.69, 9.17) is 0 Å². The van der Waals surface area contributed by atoms with Crippen LogP contribution >= 0.6 is 7.92 Å². The van der Waals surface area contributed by atoms with Crippen molar-refractivity contribution in [2.24, 2.45) is 0 Å². The van der Waals surface area contributed by atoms with Crippen LogP contribution in [-0.4, -0.2) is 11.7 Å². The highest BCUT2D eigenvalue weighted by Gasteiger charge is 2.21. The molecule has 0 aromatic heterocycles. The van der Waals surface area contributed by atoms with Gasteiger partial charge in [0.1, 0.15) is 0 Å². The smallest absolute Gasteiger partial charge is 0.0654 e. The molecule has 3 rings (SSSR count). The maximum absolute atomic E-state index is 9.59. The summed E-state index contributed by atoms with van der Waals surface area (Å²) >= 11 is 0. The first-order valence-electron chi connectivity index (χ1n) is 6.80. The third-order valence-electron chi connectivity index (χ3n) is 3.46. The summed E-state index contributed by atoms with van der Waals surface area (Å²) in [5, 5.41) is 13.6. The van der Waals surface area contributed by atoms with E-state index in [1.165, 1.54) is 15.9 Å². The molecule has 1 N–H and O–H groups in total. The molecule has 0 spiro atoms. The molecule has 2 aromatic rings. The molecule has 0 amide bonds. The Kier molecular flexibility index (Phi) is 4.11. The number of benzene rings is 2. The van der Waals surface area contributed by atoms with Crippen molar-refractivity contribution >= 4 is 18.5 Å². The van der Waals surface area contributed by atoms with Crippen molar-refractivity contribution in [3.05, 3.63) is 83.7 Å². The fraction of sp³-hybridized carbons (Fsp3) is 0.111. The first kappa shape index (κ1) is 13.3. The minimum atomic E-state index is -0.564. The Labute approximate surface area is 121 Å². The summed E-state index contributed by atoms with van der Waals surface area (Å²) in [5.74, 6) is 0. The van der Waals surface area contributed by atoms with Gasteiger partial charge < -0.3 is 5.11 Å². The maximum atomic E-state index is 9.59. The molecular formula is C18H17OP. The number of hydrogen-bond acceptors (Lipinski definition) is 1. The van der Waals surface area contributed by atoms with Gasteiger partial charge in [-0.2, -0.15) is 0 Å². The summed E-state index contributed by atoms with van der Waals surface area (Å²) in [6.07, 6.45) is 5.23. The topological polar surface area (TPSA) is 20.2 Å². The fourth-order valence-corrected chi connectivity index (χ4v) is 5.02. The van der Waals surface area contributed by atoms with Crippen molar-refractivity contribution in [2.75, 3.05) is 6.61 Å². The van der Waals surface area contributed by atoms with Gasteiger partial charge in [-0.3, -0.25) is 0 Å². The average Bonchev–Trinajstić information content (AvgIpc) is 2.98. The Morgan fingerprint density at radius 3 is 1.90 bits per heavy atom. The zero-order valence-electron chi connectivity index (χ0n) is 11.2. The molecule has 0 bridgehead atoms. The molecule has 1 nitrogen and oxygen atoms in total. The van der Waals surface area contributed by atoms with Crippen LogP contribution in [0.1, 0.15) is 6.42 Å². The second kappa shape index (κ2) is 6.17. The van der Waals surface area contributed by atoms with Gasteiger partial charge in [0.15, 0.2) is 0 Å². The van der Waals surface area contributed by atoms with E-state index in [9.17, 15) is 5.11 Å². The van der Waals surface area contributed by atoms with E-state index in [0.29, 0.717) is 0 Å². The van der Waals surface area contributed by atoms with Crippen molar-refractivity contribution in [2.45, 2.75) is 6.42 Å². The highest BCUT2D eigenvalue weighted by Crippen LogP contribution is 2.47. The predicted octanol–water partition coefficient (Wildman–Crippen LogP) is 3.33. The van der Waals surface area contributed by atoms with Crippen LogP contribution < -0.4 is 10.6 Å². The van der Waals surface area contributed by atoms with Gasteiger partial charge in [-0.25, -0.2) is 0 Å². The number of aliphatic hydroxyl groups excluding tert-OH is 1. The fourth-order valence-electron chi connectivity index (χ4n) is 2.49. The lowest BCUT2D eigenvalue weighted by atomic mass is 10.2. The minimum Gasteiger partial charge on any atom is -0.392 e. The standard InChI is InChI=1S/C18H17OP/c19-14-15-8-7-13-18(15)20(16-9-3-1-4-10-16)17-11-5-2-6-12-17/h1-7,9-13,19H,8,14H2. The summed E-state index contributed by atoms with van der Waals surface area (Å²) in [7, 11) is -0.564. The number of allylic oxidation sites excluding steroid dienone is 3. The van der Waals surface area contributed by atoms with Crippen LogP contribution in [-0.2, 0) is 0 Å². The molecule has 100 valence electrons. The maximum Gasteiger partial charge on any atom is 0.0654 e. The quantitative estimate of drug-likeness (QED) is 0.852. The van der Waals surface area contributed by atoms with E-state index in [1.807, 2.05) is 12.1 Å². The van der Waals surface area contributed by atoms with Crippen LogP contribution in [0, 0.1) is 0 Å². The van der Waals surface area contributed by atoms with E-state index in [2.05, 4.69) is 60.7 Å². The molecule has 0 radical (unpaired) electrons. The first-order chi connectivity index (χ1) is 9.90. The normalized spacial score (nSPS) is 14.3. The van der Waals surface area contributed by atoms with Crippen molar-refractivity contribution in [1.29, 1.82) is 0 Å². The van der Waals surface area contributed by atoms with E-state index in [0.717, 1.165) is 12.0 Å². The molecular weight excluding hydrogens is 263 g/mol. The van der Waals surface area contributed by atoms with Crippen molar-refractivity contribution < 1.29 is 5.11 Å². The van der Waals surface area contributed by atoms with Crippen molar-refractivity contribution in [3.8, 4) is 0 Å². The predicted molar refractivity (Wildman–Crippen MR) is 86.9 cm³/mol. The summed E-state index contributed by atoms with van der Waals surface area (Å²) in [6.45, 7) is 0.154. The molecule has 2 heteroatoms. The first-order valence-corrected chi connectivity index (χ1v) is 8.14. The Morgan fingerprint density at radius 2 is 1.40 bits per heavy atom. The Morgan fingerprint density at radius 1 is 0.850 bits per heavy atom. The third kappa shape index (κ3) is 2.60. The zero-order valence-corrected chi connectivity index (χ0v) is 12.1. The molecule has 0 unspecified atom stereocenters. The van der Waals surface area contributed by atoms with Gasteiger partial charge in [-0.1, -0.05) is 72.8 Å². The highest BCUT2D eigenvalue weighted by molar-refractivity contribution is 7.77. The van der Waals surface area contributed by atoms with E-state index in [-0.39, 0.29) is 6.61 Å². The highest BCUT2D eigenvalue weighted by atomic mass is 31.1. The summed E-state index contributed by atoms with van der Waals surface area (Å²) in [5.41, 5.74) is 1.16. The molecule has 2 aromatic carbocycles. The summed E-state index contributed by atoms with van der Waals surface area (Å²) in [4.78, 5) is 0. The van der Waals surface area contributed by atoms with Gasteiger partial charge in [0, 0.05) is 0 Å². The average molecular weight is 280 g/mol. The zero-order chi connectivity index (χ0) is 13.8. The Balaban J connectivity index is 2.12. The van der Waals surface area contributed by atoms with Gasteiger partial charge in [0.2, 0.25) is 0 Å². The Hall–Kier alpha value is -1.69. The SMILES string of the molecule is OCC1=C(P(c2ccccc2)c2ccccc2)C=CC1. The molecule has 1 aliphatic rings. The lowest BCUT2D eigenvalue weighted by Crippen LogP contribution is -2.13. The monoisotopic (exact) mass is 280 g/mol. The van der Waals surface area contributed by atoms with Gasteiger partial charge in [0.25, 0.3) is 0 Å². The lowest BCUT2D eigenvalue weighted by Gasteiger charge is -2.20. The molecule has 1 aliphatic carbocycles. The molecule has 0 saturated heterocycles. The number of hydrogen-bond donors (Lipinski definition) is 1. The van der Waals surface area contributed by atoms with Gasteiger partial charge in [-0.05, 0) is 35.8 Å².